The van der Waals surface area contributed by atoms with E-state index in [1.807, 2.05) is 30.3 Å². The number of rotatable bonds is 6. The monoisotopic (exact) mass is 365 g/mol. The van der Waals surface area contributed by atoms with E-state index in [0.717, 1.165) is 17.7 Å². The summed E-state index contributed by atoms with van der Waals surface area (Å²) in [5, 5.41) is 4.88. The third-order valence-corrected chi connectivity index (χ3v) is 4.42. The lowest BCUT2D eigenvalue weighted by Crippen LogP contribution is -2.21. The van der Waals surface area contributed by atoms with E-state index in [4.69, 9.17) is 9.47 Å². The quantitative estimate of drug-likeness (QED) is 0.518. The molecule has 27 heavy (non-hydrogen) atoms. The van der Waals surface area contributed by atoms with Crippen molar-refractivity contribution >= 4 is 16.7 Å². The lowest BCUT2D eigenvalue weighted by molar-refractivity contribution is 0.178. The fourth-order valence-corrected chi connectivity index (χ4v) is 3.01. The van der Waals surface area contributed by atoms with Crippen LogP contribution in [0.25, 0.3) is 16.7 Å². The van der Waals surface area contributed by atoms with Crippen molar-refractivity contribution in [3.05, 3.63) is 64.5 Å². The number of ether oxygens (including phenoxy) is 2. The number of fused-ring (bicyclic) bond motifs is 3. The first-order valence-electron chi connectivity index (χ1n) is 8.55. The molecule has 0 saturated carbocycles. The Hall–Kier alpha value is -3.26. The third-order valence-electron chi connectivity index (χ3n) is 4.42. The van der Waals surface area contributed by atoms with Crippen molar-refractivity contribution in [3.63, 3.8) is 0 Å². The molecule has 0 aliphatic carbocycles. The van der Waals surface area contributed by atoms with Gasteiger partial charge in [-0.25, -0.2) is 4.98 Å². The van der Waals surface area contributed by atoms with Crippen molar-refractivity contribution < 1.29 is 9.47 Å². The molecular weight excluding hydrogens is 346 g/mol. The number of hydrogen-bond acceptors (Lipinski definition) is 6. The molecular formula is C19H19N5O3. The molecule has 0 atom stereocenters. The number of benzene rings is 1. The number of pyridine rings is 1. The lowest BCUT2D eigenvalue weighted by atomic mass is 10.1. The fourth-order valence-electron chi connectivity index (χ4n) is 3.01. The summed E-state index contributed by atoms with van der Waals surface area (Å²) in [6.07, 6.45) is 4.08. The van der Waals surface area contributed by atoms with Crippen LogP contribution in [0.3, 0.4) is 0 Å². The van der Waals surface area contributed by atoms with E-state index in [-0.39, 0.29) is 5.56 Å². The molecule has 0 N–H and O–H groups in total. The second kappa shape index (κ2) is 7.16. The Bertz CT molecular complexity index is 1150. The van der Waals surface area contributed by atoms with Crippen LogP contribution < -0.4 is 10.3 Å². The molecule has 0 fully saturated rings. The molecule has 0 amide bonds. The van der Waals surface area contributed by atoms with Gasteiger partial charge in [-0.3, -0.25) is 4.79 Å². The van der Waals surface area contributed by atoms with Crippen LogP contribution in [0.1, 0.15) is 11.4 Å². The van der Waals surface area contributed by atoms with Crippen LogP contribution in [-0.4, -0.2) is 38.4 Å². The molecule has 0 unspecified atom stereocenters. The molecule has 0 bridgehead atoms. The largest absolute Gasteiger partial charge is 0.497 e. The highest BCUT2D eigenvalue weighted by atomic mass is 16.5. The molecule has 3 aromatic heterocycles. The number of nitrogens with zero attached hydrogens (tertiary/aromatic N) is 5. The van der Waals surface area contributed by atoms with Crippen molar-refractivity contribution in [2.45, 2.75) is 19.6 Å². The highest BCUT2D eigenvalue weighted by Gasteiger charge is 2.11. The van der Waals surface area contributed by atoms with E-state index in [0.29, 0.717) is 35.7 Å². The molecule has 0 aliphatic heterocycles. The Morgan fingerprint density at radius 1 is 1.11 bits per heavy atom. The zero-order valence-corrected chi connectivity index (χ0v) is 15.1. The Balaban J connectivity index is 1.65. The minimum absolute atomic E-state index is 0.0980. The van der Waals surface area contributed by atoms with Crippen LogP contribution in [0, 0.1) is 0 Å². The van der Waals surface area contributed by atoms with Crippen LogP contribution in [0.4, 0.5) is 0 Å². The van der Waals surface area contributed by atoms with Gasteiger partial charge in [0.25, 0.3) is 11.3 Å². The van der Waals surface area contributed by atoms with E-state index < -0.39 is 0 Å². The molecule has 138 valence electrons. The molecule has 8 heteroatoms. The molecule has 4 rings (SSSR count). The summed E-state index contributed by atoms with van der Waals surface area (Å²) in [4.78, 5) is 21.4. The first kappa shape index (κ1) is 17.2. The smallest absolute Gasteiger partial charge is 0.261 e. The zero-order chi connectivity index (χ0) is 18.8. The summed E-state index contributed by atoms with van der Waals surface area (Å²) in [5.41, 5.74) is 1.72. The van der Waals surface area contributed by atoms with Gasteiger partial charge < -0.3 is 14.0 Å². The summed E-state index contributed by atoms with van der Waals surface area (Å²) in [6, 6.07) is 9.71. The summed E-state index contributed by atoms with van der Waals surface area (Å²) < 4.78 is 13.5. The van der Waals surface area contributed by atoms with Crippen LogP contribution in [0.5, 0.6) is 5.75 Å². The standard InChI is InChI=1S/C19H19N5O3/c1-26-12-17-21-19-20-11-15-16(24(19)22-17)8-10-23(18(15)25)9-7-13-3-5-14(27-2)6-4-13/h3-6,8,10-11H,7,9,12H2,1-2H3. The van der Waals surface area contributed by atoms with Crippen LogP contribution >= 0.6 is 0 Å². The van der Waals surface area contributed by atoms with Gasteiger partial charge in [-0.05, 0) is 30.2 Å². The van der Waals surface area contributed by atoms with Gasteiger partial charge in [0, 0.05) is 26.0 Å². The maximum atomic E-state index is 12.8. The van der Waals surface area contributed by atoms with Crippen LogP contribution in [-0.2, 0) is 24.3 Å². The first-order valence-corrected chi connectivity index (χ1v) is 8.55. The van der Waals surface area contributed by atoms with E-state index in [1.54, 1.807) is 35.7 Å². The minimum Gasteiger partial charge on any atom is -0.497 e. The third kappa shape index (κ3) is 3.26. The number of hydrogen-bond donors (Lipinski definition) is 0. The normalized spacial score (nSPS) is 11.3. The van der Waals surface area contributed by atoms with Crippen molar-refractivity contribution in [3.8, 4) is 5.75 Å². The topological polar surface area (TPSA) is 83.5 Å². The predicted molar refractivity (Wildman–Crippen MR) is 100.0 cm³/mol. The van der Waals surface area contributed by atoms with Crippen LogP contribution in [0.15, 0.2) is 47.5 Å². The van der Waals surface area contributed by atoms with E-state index in [9.17, 15) is 4.79 Å². The molecule has 4 aromatic rings. The van der Waals surface area contributed by atoms with Crippen molar-refractivity contribution in [1.29, 1.82) is 0 Å². The average Bonchev–Trinajstić information content (AvgIpc) is 3.11. The van der Waals surface area contributed by atoms with Crippen molar-refractivity contribution in [2.75, 3.05) is 14.2 Å². The number of methoxy groups -OCH3 is 2. The van der Waals surface area contributed by atoms with E-state index in [2.05, 4.69) is 15.1 Å². The second-order valence-corrected chi connectivity index (χ2v) is 6.14. The average molecular weight is 365 g/mol. The lowest BCUT2D eigenvalue weighted by Gasteiger charge is -2.08. The van der Waals surface area contributed by atoms with Gasteiger partial charge in [-0.15, -0.1) is 5.10 Å². The van der Waals surface area contributed by atoms with Gasteiger partial charge in [0.1, 0.15) is 12.4 Å². The molecule has 0 spiro atoms. The highest BCUT2D eigenvalue weighted by Crippen LogP contribution is 2.13. The summed E-state index contributed by atoms with van der Waals surface area (Å²) in [5.74, 6) is 1.79. The SMILES string of the molecule is COCc1nc2ncc3c(=O)n(CCc4ccc(OC)cc4)ccc3n2n1. The van der Waals surface area contributed by atoms with Gasteiger partial charge in [-0.2, -0.15) is 9.50 Å². The van der Waals surface area contributed by atoms with Crippen molar-refractivity contribution in [1.82, 2.24) is 24.1 Å². The number of aromatic nitrogens is 5. The molecule has 0 aliphatic rings. The minimum atomic E-state index is -0.0980. The summed E-state index contributed by atoms with van der Waals surface area (Å²) >= 11 is 0. The predicted octanol–water partition coefficient (Wildman–Crippen LogP) is 1.84. The molecule has 8 nitrogen and oxygen atoms in total. The number of aryl methyl sites for hydroxylation is 2. The Labute approximate surface area is 155 Å². The summed E-state index contributed by atoms with van der Waals surface area (Å²) in [7, 11) is 3.22. The van der Waals surface area contributed by atoms with Gasteiger partial charge in [0.15, 0.2) is 5.82 Å². The second-order valence-electron chi connectivity index (χ2n) is 6.14. The van der Waals surface area contributed by atoms with Gasteiger partial charge >= 0.3 is 0 Å². The maximum Gasteiger partial charge on any atom is 0.261 e. The Kier molecular flexibility index (Phi) is 4.55. The summed E-state index contributed by atoms with van der Waals surface area (Å²) in [6.45, 7) is 0.870. The highest BCUT2D eigenvalue weighted by molar-refractivity contribution is 5.78. The maximum absolute atomic E-state index is 12.8. The van der Waals surface area contributed by atoms with Gasteiger partial charge in [-0.1, -0.05) is 12.1 Å². The zero-order valence-electron chi connectivity index (χ0n) is 15.1. The van der Waals surface area contributed by atoms with Crippen molar-refractivity contribution in [2.24, 2.45) is 0 Å². The fraction of sp³-hybridized carbons (Fsp3) is 0.263. The first-order chi connectivity index (χ1) is 13.2. The Morgan fingerprint density at radius 2 is 1.93 bits per heavy atom. The molecule has 3 heterocycles. The Morgan fingerprint density at radius 3 is 2.67 bits per heavy atom. The van der Waals surface area contributed by atoms with Gasteiger partial charge in [0.05, 0.1) is 18.0 Å². The van der Waals surface area contributed by atoms with Crippen LogP contribution in [0.2, 0.25) is 0 Å². The van der Waals surface area contributed by atoms with E-state index in [1.165, 1.54) is 0 Å². The molecule has 0 radical (unpaired) electrons. The van der Waals surface area contributed by atoms with Gasteiger partial charge in [0.2, 0.25) is 0 Å². The molecule has 1 aromatic carbocycles. The van der Waals surface area contributed by atoms with E-state index >= 15 is 0 Å². The molecule has 0 saturated heterocycles.